The molecule has 1 aromatic heterocycles. The number of aryl methyl sites for hydroxylation is 1. The third-order valence-electron chi connectivity index (χ3n) is 4.33. The predicted molar refractivity (Wildman–Crippen MR) is 75.9 cm³/mol. The second kappa shape index (κ2) is 3.89. The first-order valence-corrected chi connectivity index (χ1v) is 6.85. The molecule has 3 nitrogen and oxygen atoms in total. The van der Waals surface area contributed by atoms with Crippen molar-refractivity contribution < 1.29 is 0 Å². The van der Waals surface area contributed by atoms with Crippen LogP contribution in [0.1, 0.15) is 31.7 Å². The highest BCUT2D eigenvalue weighted by molar-refractivity contribution is 6.32. The molecule has 1 aliphatic carbocycles. The zero-order valence-electron chi connectivity index (χ0n) is 10.8. The highest BCUT2D eigenvalue weighted by atomic mass is 35.5. The fraction of sp³-hybridized carbons (Fsp3) is 0.500. The van der Waals surface area contributed by atoms with Gasteiger partial charge >= 0.3 is 0 Å². The van der Waals surface area contributed by atoms with Gasteiger partial charge in [-0.3, -0.25) is 0 Å². The van der Waals surface area contributed by atoms with Gasteiger partial charge in [-0.25, -0.2) is 4.98 Å². The summed E-state index contributed by atoms with van der Waals surface area (Å²) < 4.78 is 2.15. The molecule has 1 aromatic carbocycles. The maximum atomic E-state index is 6.21. The van der Waals surface area contributed by atoms with Gasteiger partial charge in [-0.2, -0.15) is 0 Å². The van der Waals surface area contributed by atoms with Crippen LogP contribution in [0, 0.1) is 12.3 Å². The lowest BCUT2D eigenvalue weighted by Crippen LogP contribution is -2.13. The normalized spacial score (nSPS) is 17.3. The molecule has 1 fully saturated rings. The number of nitrogens with zero attached hydrogens (tertiary/aromatic N) is 2. The SMILES string of the molecule is CCC1(Cn2c(N)nc3ccc(Cl)c(C)c32)CC1. The Hall–Kier alpha value is -1.22. The van der Waals surface area contributed by atoms with E-state index in [1.165, 1.54) is 19.3 Å². The maximum Gasteiger partial charge on any atom is 0.201 e. The molecule has 0 unspecified atom stereocenters. The van der Waals surface area contributed by atoms with Gasteiger partial charge in [-0.05, 0) is 49.3 Å². The molecule has 1 heterocycles. The van der Waals surface area contributed by atoms with Gasteiger partial charge in [0.2, 0.25) is 5.95 Å². The Balaban J connectivity index is 2.15. The minimum atomic E-state index is 0.441. The second-order valence-electron chi connectivity index (χ2n) is 5.45. The van der Waals surface area contributed by atoms with Crippen molar-refractivity contribution in [3.8, 4) is 0 Å². The number of anilines is 1. The van der Waals surface area contributed by atoms with E-state index in [2.05, 4.69) is 16.5 Å². The molecule has 96 valence electrons. The van der Waals surface area contributed by atoms with Crippen LogP contribution in [0.3, 0.4) is 0 Å². The van der Waals surface area contributed by atoms with Crippen LogP contribution in [0.4, 0.5) is 5.95 Å². The van der Waals surface area contributed by atoms with Crippen LogP contribution in [0.5, 0.6) is 0 Å². The number of fused-ring (bicyclic) bond motifs is 1. The lowest BCUT2D eigenvalue weighted by molar-refractivity contribution is 0.418. The summed E-state index contributed by atoms with van der Waals surface area (Å²) >= 11 is 6.21. The van der Waals surface area contributed by atoms with Crippen molar-refractivity contribution in [3.05, 3.63) is 22.7 Å². The number of nitrogens with two attached hydrogens (primary N) is 1. The summed E-state index contributed by atoms with van der Waals surface area (Å²) in [6.07, 6.45) is 3.79. The topological polar surface area (TPSA) is 43.8 Å². The van der Waals surface area contributed by atoms with Gasteiger partial charge < -0.3 is 10.3 Å². The van der Waals surface area contributed by atoms with E-state index in [-0.39, 0.29) is 0 Å². The Morgan fingerprint density at radius 1 is 1.44 bits per heavy atom. The molecule has 0 aliphatic heterocycles. The van der Waals surface area contributed by atoms with Gasteiger partial charge in [0.05, 0.1) is 11.0 Å². The van der Waals surface area contributed by atoms with Crippen LogP contribution < -0.4 is 5.73 Å². The Labute approximate surface area is 112 Å². The van der Waals surface area contributed by atoms with E-state index in [4.69, 9.17) is 17.3 Å². The van der Waals surface area contributed by atoms with Crippen molar-refractivity contribution in [2.24, 2.45) is 5.41 Å². The van der Waals surface area contributed by atoms with Crippen LogP contribution in [-0.4, -0.2) is 9.55 Å². The molecule has 0 saturated heterocycles. The summed E-state index contributed by atoms with van der Waals surface area (Å²) in [6, 6.07) is 3.84. The smallest absolute Gasteiger partial charge is 0.201 e. The molecule has 0 bridgehead atoms. The lowest BCUT2D eigenvalue weighted by atomic mass is 10.0. The van der Waals surface area contributed by atoms with E-state index in [0.717, 1.165) is 28.2 Å². The number of rotatable bonds is 3. The van der Waals surface area contributed by atoms with Gasteiger partial charge in [0.25, 0.3) is 0 Å². The Bertz CT molecular complexity index is 611. The minimum Gasteiger partial charge on any atom is -0.369 e. The Morgan fingerprint density at radius 2 is 2.17 bits per heavy atom. The summed E-state index contributed by atoms with van der Waals surface area (Å²) in [7, 11) is 0. The molecule has 2 N–H and O–H groups in total. The van der Waals surface area contributed by atoms with E-state index in [9.17, 15) is 0 Å². The summed E-state index contributed by atoms with van der Waals surface area (Å²) in [5.41, 5.74) is 9.63. The number of aromatic nitrogens is 2. The molecule has 0 spiro atoms. The molecule has 3 rings (SSSR count). The van der Waals surface area contributed by atoms with Gasteiger partial charge in [0.1, 0.15) is 0 Å². The molecule has 0 amide bonds. The third-order valence-corrected chi connectivity index (χ3v) is 4.74. The van der Waals surface area contributed by atoms with Crippen LogP contribution in [-0.2, 0) is 6.54 Å². The monoisotopic (exact) mass is 263 g/mol. The summed E-state index contributed by atoms with van der Waals surface area (Å²) in [6.45, 7) is 5.25. The van der Waals surface area contributed by atoms with Crippen LogP contribution in [0.25, 0.3) is 11.0 Å². The first-order chi connectivity index (χ1) is 8.56. The molecule has 4 heteroatoms. The zero-order chi connectivity index (χ0) is 12.9. The van der Waals surface area contributed by atoms with Crippen molar-refractivity contribution >= 4 is 28.6 Å². The van der Waals surface area contributed by atoms with Crippen molar-refractivity contribution in [1.82, 2.24) is 9.55 Å². The molecule has 1 aliphatic rings. The van der Waals surface area contributed by atoms with E-state index in [1.807, 2.05) is 19.1 Å². The highest BCUT2D eigenvalue weighted by Crippen LogP contribution is 2.50. The Kier molecular flexibility index (Phi) is 2.56. The summed E-state index contributed by atoms with van der Waals surface area (Å²) in [5.74, 6) is 0.607. The average Bonchev–Trinajstić information content (AvgIpc) is 3.06. The van der Waals surface area contributed by atoms with E-state index in [1.54, 1.807) is 0 Å². The Morgan fingerprint density at radius 3 is 2.78 bits per heavy atom. The highest BCUT2D eigenvalue weighted by Gasteiger charge is 2.41. The molecule has 2 aromatic rings. The second-order valence-corrected chi connectivity index (χ2v) is 5.86. The first-order valence-electron chi connectivity index (χ1n) is 6.47. The molecule has 0 radical (unpaired) electrons. The number of imidazole rings is 1. The van der Waals surface area contributed by atoms with Gasteiger partial charge in [-0.15, -0.1) is 0 Å². The largest absolute Gasteiger partial charge is 0.369 e. The summed E-state index contributed by atoms with van der Waals surface area (Å²) in [5, 5.41) is 0.782. The van der Waals surface area contributed by atoms with Gasteiger partial charge in [-0.1, -0.05) is 18.5 Å². The molecule has 18 heavy (non-hydrogen) atoms. The maximum absolute atomic E-state index is 6.21. The molecule has 0 atom stereocenters. The first kappa shape index (κ1) is 11.8. The number of hydrogen-bond acceptors (Lipinski definition) is 2. The van der Waals surface area contributed by atoms with Crippen molar-refractivity contribution in [2.75, 3.05) is 5.73 Å². The fourth-order valence-electron chi connectivity index (χ4n) is 2.69. The number of hydrogen-bond donors (Lipinski definition) is 1. The van der Waals surface area contributed by atoms with Crippen LogP contribution in [0.15, 0.2) is 12.1 Å². The van der Waals surface area contributed by atoms with Crippen molar-refractivity contribution in [2.45, 2.75) is 39.7 Å². The third kappa shape index (κ3) is 1.69. The molecule has 1 saturated carbocycles. The minimum absolute atomic E-state index is 0.441. The lowest BCUT2D eigenvalue weighted by Gasteiger charge is -2.16. The van der Waals surface area contributed by atoms with Gasteiger partial charge in [0, 0.05) is 11.6 Å². The van der Waals surface area contributed by atoms with E-state index in [0.29, 0.717) is 11.4 Å². The number of halogens is 1. The van der Waals surface area contributed by atoms with Crippen molar-refractivity contribution in [3.63, 3.8) is 0 Å². The van der Waals surface area contributed by atoms with Gasteiger partial charge in [0.15, 0.2) is 0 Å². The molecular formula is C14H18ClN3. The van der Waals surface area contributed by atoms with E-state index >= 15 is 0 Å². The quantitative estimate of drug-likeness (QED) is 0.916. The predicted octanol–water partition coefficient (Wildman–Crippen LogP) is 3.77. The number of benzene rings is 1. The average molecular weight is 264 g/mol. The fourth-order valence-corrected chi connectivity index (χ4v) is 2.84. The number of nitrogen functional groups attached to an aromatic ring is 1. The van der Waals surface area contributed by atoms with Crippen LogP contribution >= 0.6 is 11.6 Å². The van der Waals surface area contributed by atoms with Crippen LogP contribution in [0.2, 0.25) is 5.02 Å². The zero-order valence-corrected chi connectivity index (χ0v) is 11.6. The standard InChI is InChI=1S/C14H18ClN3/c1-3-14(6-7-14)8-18-12-9(2)10(15)4-5-11(12)17-13(18)16/h4-5H,3,6-8H2,1-2H3,(H2,16,17). The van der Waals surface area contributed by atoms with Crippen molar-refractivity contribution in [1.29, 1.82) is 0 Å². The summed E-state index contributed by atoms with van der Waals surface area (Å²) in [4.78, 5) is 4.44. The molecular weight excluding hydrogens is 246 g/mol. The van der Waals surface area contributed by atoms with E-state index < -0.39 is 0 Å².